The summed E-state index contributed by atoms with van der Waals surface area (Å²) in [6, 6.07) is 17.1. The van der Waals surface area contributed by atoms with Crippen LogP contribution in [0.3, 0.4) is 0 Å². The van der Waals surface area contributed by atoms with Crippen LogP contribution in [0.15, 0.2) is 75.9 Å². The lowest BCUT2D eigenvalue weighted by molar-refractivity contribution is -0.123. The molecule has 3 N–H and O–H groups in total. The van der Waals surface area contributed by atoms with E-state index in [0.29, 0.717) is 5.69 Å². The van der Waals surface area contributed by atoms with Crippen molar-refractivity contribution >= 4 is 21.4 Å². The first-order chi connectivity index (χ1) is 12.0. The quantitative estimate of drug-likeness (QED) is 0.485. The second-order valence-corrected chi connectivity index (χ2v) is 8.18. The minimum absolute atomic E-state index is 0.0452. The number of anilines is 1. The predicted molar refractivity (Wildman–Crippen MR) is 93.5 cm³/mol. The molecular weight excluding hydrogens is 340 g/mol. The van der Waals surface area contributed by atoms with Gasteiger partial charge in [0.1, 0.15) is 0 Å². The summed E-state index contributed by atoms with van der Waals surface area (Å²) in [5.74, 6) is 4.74. The van der Waals surface area contributed by atoms with Gasteiger partial charge < -0.3 is 11.2 Å². The van der Waals surface area contributed by atoms with Crippen LogP contribution >= 0.6 is 0 Å². The Labute approximate surface area is 145 Å². The average molecular weight is 358 g/mol. The van der Waals surface area contributed by atoms with Crippen LogP contribution in [0.25, 0.3) is 0 Å². The molecule has 25 heavy (non-hydrogen) atoms. The number of para-hydroxylation sites is 1. The van der Waals surface area contributed by atoms with Gasteiger partial charge >= 0.3 is 0 Å². The van der Waals surface area contributed by atoms with Gasteiger partial charge in [-0.2, -0.15) is 5.11 Å². The Balaban J connectivity index is 1.78. The summed E-state index contributed by atoms with van der Waals surface area (Å²) in [6.07, 6.45) is 0.0905. The topological polar surface area (TPSA) is 114 Å². The van der Waals surface area contributed by atoms with E-state index in [9.17, 15) is 13.2 Å². The highest BCUT2D eigenvalue weighted by atomic mass is 32.2. The maximum atomic E-state index is 12.7. The molecule has 7 nitrogen and oxygen atoms in total. The molecule has 0 saturated heterocycles. The van der Waals surface area contributed by atoms with Crippen molar-refractivity contribution in [3.63, 3.8) is 0 Å². The number of hydrogen-bond donors (Lipinski definition) is 2. The number of amides is 1. The van der Waals surface area contributed by atoms with Crippen molar-refractivity contribution < 1.29 is 13.2 Å². The molecule has 0 radical (unpaired) electrons. The third kappa shape index (κ3) is 3.25. The Bertz CT molecular complexity index is 877. The highest BCUT2D eigenvalue weighted by Crippen LogP contribution is 2.43. The first-order valence-electron chi connectivity index (χ1n) is 7.75. The van der Waals surface area contributed by atoms with Crippen molar-refractivity contribution in [3.05, 3.63) is 60.7 Å². The standard InChI is InChI=1S/C17H18N4O3S/c18-21-20-17(16(22)19-13-7-3-1-4-8-13)11-15(12-17)25(23,24)14-9-5-2-6-10-14/h1-10,15H,11-12H2,(H2,18,20)(H,19,22). The molecule has 0 heterocycles. The Morgan fingerprint density at radius 2 is 1.60 bits per heavy atom. The number of carbonyl (C=O) groups is 1. The first kappa shape index (κ1) is 17.1. The lowest BCUT2D eigenvalue weighted by atomic mass is 9.76. The van der Waals surface area contributed by atoms with Crippen LogP contribution in [0.1, 0.15) is 12.8 Å². The number of nitrogens with two attached hydrogens (primary N) is 1. The van der Waals surface area contributed by atoms with Crippen molar-refractivity contribution in [2.24, 2.45) is 16.2 Å². The predicted octanol–water partition coefficient (Wildman–Crippen LogP) is 2.33. The molecule has 0 spiro atoms. The second kappa shape index (κ2) is 6.64. The number of rotatable bonds is 5. The van der Waals surface area contributed by atoms with Crippen LogP contribution < -0.4 is 11.2 Å². The Hall–Kier alpha value is -2.74. The molecule has 1 fully saturated rings. The van der Waals surface area contributed by atoms with Crippen LogP contribution in [-0.4, -0.2) is 25.1 Å². The van der Waals surface area contributed by atoms with E-state index in [1.807, 2.05) is 6.07 Å². The summed E-state index contributed by atoms with van der Waals surface area (Å²) in [4.78, 5) is 12.8. The van der Waals surface area contributed by atoms with Crippen LogP contribution in [0.5, 0.6) is 0 Å². The van der Waals surface area contributed by atoms with Gasteiger partial charge in [-0.25, -0.2) is 8.42 Å². The molecule has 1 saturated carbocycles. The van der Waals surface area contributed by atoms with Crippen LogP contribution in [0, 0.1) is 0 Å². The summed E-state index contributed by atoms with van der Waals surface area (Å²) in [6.45, 7) is 0. The molecule has 0 bridgehead atoms. The molecule has 0 aromatic heterocycles. The lowest BCUT2D eigenvalue weighted by Crippen LogP contribution is -2.56. The number of sulfone groups is 1. The monoisotopic (exact) mass is 358 g/mol. The van der Waals surface area contributed by atoms with E-state index in [4.69, 9.17) is 5.84 Å². The van der Waals surface area contributed by atoms with E-state index in [-0.39, 0.29) is 17.7 Å². The van der Waals surface area contributed by atoms with E-state index in [1.54, 1.807) is 54.6 Å². The molecule has 0 atom stereocenters. The highest BCUT2D eigenvalue weighted by Gasteiger charge is 2.56. The van der Waals surface area contributed by atoms with Gasteiger partial charge in [-0.3, -0.25) is 4.79 Å². The largest absolute Gasteiger partial charge is 0.324 e. The smallest absolute Gasteiger partial charge is 0.254 e. The molecule has 0 aliphatic heterocycles. The van der Waals surface area contributed by atoms with Gasteiger partial charge in [0.05, 0.1) is 10.1 Å². The van der Waals surface area contributed by atoms with Crippen molar-refractivity contribution in [1.29, 1.82) is 0 Å². The zero-order valence-electron chi connectivity index (χ0n) is 13.4. The maximum absolute atomic E-state index is 12.7. The van der Waals surface area contributed by atoms with Crippen molar-refractivity contribution in [3.8, 4) is 0 Å². The van der Waals surface area contributed by atoms with Gasteiger partial charge in [0.15, 0.2) is 15.4 Å². The number of benzene rings is 2. The van der Waals surface area contributed by atoms with Crippen LogP contribution in [0.4, 0.5) is 5.69 Å². The third-order valence-electron chi connectivity index (χ3n) is 4.34. The van der Waals surface area contributed by atoms with E-state index in [1.165, 1.54) is 0 Å². The zero-order valence-corrected chi connectivity index (χ0v) is 14.2. The fourth-order valence-electron chi connectivity index (χ4n) is 2.91. The van der Waals surface area contributed by atoms with Crippen molar-refractivity contribution in [2.45, 2.75) is 28.5 Å². The Morgan fingerprint density at radius 1 is 1.04 bits per heavy atom. The van der Waals surface area contributed by atoms with Crippen LogP contribution in [0.2, 0.25) is 0 Å². The Kier molecular flexibility index (Phi) is 4.54. The number of carbonyl (C=O) groups excluding carboxylic acids is 1. The van der Waals surface area contributed by atoms with E-state index < -0.39 is 26.5 Å². The normalized spacial score (nSPS) is 23.1. The van der Waals surface area contributed by atoms with E-state index >= 15 is 0 Å². The van der Waals surface area contributed by atoms with Gasteiger partial charge in [-0.05, 0) is 24.3 Å². The SMILES string of the molecule is NN=NC1(C(=O)Nc2ccccc2)CC(S(=O)(=O)c2ccccc2)C1. The molecule has 8 heteroatoms. The Morgan fingerprint density at radius 3 is 2.16 bits per heavy atom. The molecule has 1 aliphatic carbocycles. The molecule has 1 amide bonds. The van der Waals surface area contributed by atoms with Gasteiger partial charge in [0.25, 0.3) is 5.91 Å². The van der Waals surface area contributed by atoms with Gasteiger partial charge in [0.2, 0.25) is 0 Å². The van der Waals surface area contributed by atoms with Crippen LogP contribution in [-0.2, 0) is 14.6 Å². The fourth-order valence-corrected chi connectivity index (χ4v) is 4.82. The summed E-state index contributed by atoms with van der Waals surface area (Å²) in [5.41, 5.74) is -0.648. The lowest BCUT2D eigenvalue weighted by Gasteiger charge is -2.41. The summed E-state index contributed by atoms with van der Waals surface area (Å²) in [5, 5.41) is 9.14. The molecular formula is C17H18N4O3S. The molecule has 2 aromatic carbocycles. The zero-order chi connectivity index (χ0) is 17.9. The van der Waals surface area contributed by atoms with Gasteiger partial charge in [-0.15, -0.1) is 0 Å². The summed E-state index contributed by atoms with van der Waals surface area (Å²) in [7, 11) is -3.52. The minimum atomic E-state index is -3.52. The summed E-state index contributed by atoms with van der Waals surface area (Å²) >= 11 is 0. The number of nitrogens with zero attached hydrogens (tertiary/aromatic N) is 2. The highest BCUT2D eigenvalue weighted by molar-refractivity contribution is 7.92. The van der Waals surface area contributed by atoms with Crippen molar-refractivity contribution in [1.82, 2.24) is 0 Å². The fraction of sp³-hybridized carbons (Fsp3) is 0.235. The molecule has 1 aliphatic rings. The number of nitrogens with one attached hydrogen (secondary N) is 1. The minimum Gasteiger partial charge on any atom is -0.324 e. The summed E-state index contributed by atoms with van der Waals surface area (Å²) < 4.78 is 25.3. The van der Waals surface area contributed by atoms with E-state index in [2.05, 4.69) is 15.7 Å². The first-order valence-corrected chi connectivity index (χ1v) is 9.30. The maximum Gasteiger partial charge on any atom is 0.254 e. The van der Waals surface area contributed by atoms with E-state index in [0.717, 1.165) is 0 Å². The average Bonchev–Trinajstić information content (AvgIpc) is 2.59. The van der Waals surface area contributed by atoms with Gasteiger partial charge in [0, 0.05) is 18.5 Å². The molecule has 3 rings (SSSR count). The molecule has 2 aromatic rings. The van der Waals surface area contributed by atoms with Gasteiger partial charge in [-0.1, -0.05) is 41.6 Å². The second-order valence-electron chi connectivity index (χ2n) is 5.96. The molecule has 0 unspecified atom stereocenters. The molecule has 130 valence electrons. The number of hydrogen-bond acceptors (Lipinski definition) is 5. The third-order valence-corrected chi connectivity index (χ3v) is 6.48. The van der Waals surface area contributed by atoms with Crippen molar-refractivity contribution in [2.75, 3.05) is 5.32 Å².